The average Bonchev–Trinajstić information content (AvgIpc) is 3.16. The predicted octanol–water partition coefficient (Wildman–Crippen LogP) is 2.78. The fourth-order valence-electron chi connectivity index (χ4n) is 2.83. The molecule has 2 aromatic rings. The Bertz CT molecular complexity index is 678. The molecule has 0 radical (unpaired) electrons. The normalized spacial score (nSPS) is 22.0. The smallest absolute Gasteiger partial charge is 0.229 e. The van der Waals surface area contributed by atoms with E-state index in [1.54, 1.807) is 0 Å². The third-order valence-corrected chi connectivity index (χ3v) is 4.43. The van der Waals surface area contributed by atoms with E-state index in [-0.39, 0.29) is 11.2 Å². The number of rotatable bonds is 3. The summed E-state index contributed by atoms with van der Waals surface area (Å²) < 4.78 is 1.90. The molecule has 1 aromatic carbocycles. The average molecular weight is 299 g/mol. The molecule has 0 N–H and O–H groups in total. The maximum atomic E-state index is 12.2. The zero-order valence-corrected chi connectivity index (χ0v) is 12.5. The molecule has 1 aromatic heterocycles. The van der Waals surface area contributed by atoms with Crippen LogP contribution in [-0.2, 0) is 4.79 Å². The number of amides is 1. The summed E-state index contributed by atoms with van der Waals surface area (Å²) >= 11 is 4.45. The van der Waals surface area contributed by atoms with Crippen LogP contribution in [0.2, 0.25) is 0 Å². The first-order chi connectivity index (χ1) is 10.2. The quantitative estimate of drug-likeness (QED) is 0.885. The Labute approximate surface area is 129 Å². The Morgan fingerprint density at radius 3 is 2.57 bits per heavy atom. The van der Waals surface area contributed by atoms with Crippen molar-refractivity contribution in [2.75, 3.05) is 11.4 Å². The Kier molecular flexibility index (Phi) is 3.03. The van der Waals surface area contributed by atoms with Crippen LogP contribution in [0.4, 0.5) is 5.82 Å². The summed E-state index contributed by atoms with van der Waals surface area (Å²) in [4.78, 5) is 14.0. The van der Waals surface area contributed by atoms with Gasteiger partial charge in [0.2, 0.25) is 5.91 Å². The molecule has 0 bridgehead atoms. The Morgan fingerprint density at radius 1 is 1.19 bits per heavy atom. The van der Waals surface area contributed by atoms with E-state index >= 15 is 0 Å². The molecule has 1 saturated carbocycles. The number of aromatic nitrogens is 2. The van der Waals surface area contributed by atoms with E-state index in [9.17, 15) is 4.79 Å². The third-order valence-electron chi connectivity index (χ3n) is 4.09. The number of para-hydroxylation sites is 1. The van der Waals surface area contributed by atoms with E-state index in [0.29, 0.717) is 18.9 Å². The monoisotopic (exact) mass is 299 g/mol. The molecule has 4 nitrogen and oxygen atoms in total. The molecule has 21 heavy (non-hydrogen) atoms. The van der Waals surface area contributed by atoms with Crippen LogP contribution < -0.4 is 4.90 Å². The molecule has 1 unspecified atom stereocenters. The Hall–Kier alpha value is -1.75. The fourth-order valence-corrected chi connectivity index (χ4v) is 3.15. The van der Waals surface area contributed by atoms with Gasteiger partial charge in [0, 0.05) is 30.2 Å². The van der Waals surface area contributed by atoms with Crippen molar-refractivity contribution in [2.24, 2.45) is 0 Å². The predicted molar refractivity (Wildman–Crippen MR) is 85.3 cm³/mol. The topological polar surface area (TPSA) is 38.1 Å². The standard InChI is InChI=1S/C16H17N3OS/c20-16-8-13(21)10-18(16)15-9-14(11-6-7-11)17-19(15)12-4-2-1-3-5-12/h1-5,9,11,13,21H,6-8,10H2. The Morgan fingerprint density at radius 2 is 1.95 bits per heavy atom. The van der Waals surface area contributed by atoms with Crippen molar-refractivity contribution in [3.63, 3.8) is 0 Å². The summed E-state index contributed by atoms with van der Waals surface area (Å²) in [5, 5.41) is 4.86. The lowest BCUT2D eigenvalue weighted by Gasteiger charge is -2.17. The van der Waals surface area contributed by atoms with Crippen LogP contribution >= 0.6 is 12.6 Å². The van der Waals surface area contributed by atoms with Gasteiger partial charge in [-0.1, -0.05) is 18.2 Å². The molecule has 0 spiro atoms. The zero-order chi connectivity index (χ0) is 14.4. The molecule has 1 saturated heterocycles. The molecule has 4 rings (SSSR count). The van der Waals surface area contributed by atoms with Gasteiger partial charge in [-0.3, -0.25) is 9.69 Å². The van der Waals surface area contributed by atoms with E-state index in [0.717, 1.165) is 17.2 Å². The van der Waals surface area contributed by atoms with Crippen LogP contribution in [0.1, 0.15) is 30.9 Å². The van der Waals surface area contributed by atoms with Crippen LogP contribution in [0, 0.1) is 0 Å². The highest BCUT2D eigenvalue weighted by molar-refractivity contribution is 7.81. The number of carbonyl (C=O) groups is 1. The van der Waals surface area contributed by atoms with Crippen LogP contribution in [0.5, 0.6) is 0 Å². The van der Waals surface area contributed by atoms with Crippen LogP contribution in [0.15, 0.2) is 36.4 Å². The minimum absolute atomic E-state index is 0.112. The number of thiol groups is 1. The minimum atomic E-state index is 0.112. The van der Waals surface area contributed by atoms with Crippen LogP contribution in [0.3, 0.4) is 0 Å². The molecule has 108 valence electrons. The molecule has 1 atom stereocenters. The Balaban J connectivity index is 1.79. The highest BCUT2D eigenvalue weighted by Gasteiger charge is 2.34. The minimum Gasteiger partial charge on any atom is -0.296 e. The van der Waals surface area contributed by atoms with E-state index in [1.807, 2.05) is 39.9 Å². The number of hydrogen-bond donors (Lipinski definition) is 1. The van der Waals surface area contributed by atoms with Gasteiger partial charge < -0.3 is 0 Å². The van der Waals surface area contributed by atoms with Crippen molar-refractivity contribution in [3.8, 4) is 5.69 Å². The molecular formula is C16H17N3OS. The largest absolute Gasteiger partial charge is 0.296 e. The van der Waals surface area contributed by atoms with E-state index in [1.165, 1.54) is 12.8 Å². The second-order valence-electron chi connectivity index (χ2n) is 5.81. The van der Waals surface area contributed by atoms with Crippen molar-refractivity contribution >= 4 is 24.4 Å². The number of benzene rings is 1. The summed E-state index contributed by atoms with van der Waals surface area (Å²) in [6.45, 7) is 0.657. The van der Waals surface area contributed by atoms with Gasteiger partial charge in [-0.25, -0.2) is 4.68 Å². The lowest BCUT2D eigenvalue weighted by molar-refractivity contribution is -0.117. The van der Waals surface area contributed by atoms with Gasteiger partial charge >= 0.3 is 0 Å². The lowest BCUT2D eigenvalue weighted by atomic mass is 10.3. The molecule has 2 fully saturated rings. The summed E-state index contributed by atoms with van der Waals surface area (Å²) in [6.07, 6.45) is 2.91. The van der Waals surface area contributed by atoms with Crippen molar-refractivity contribution in [1.29, 1.82) is 0 Å². The molecule has 1 amide bonds. The molecule has 2 aliphatic rings. The van der Waals surface area contributed by atoms with Gasteiger partial charge in [0.15, 0.2) is 0 Å². The third kappa shape index (κ3) is 2.35. The van der Waals surface area contributed by atoms with Crippen molar-refractivity contribution in [3.05, 3.63) is 42.1 Å². The molecule has 5 heteroatoms. The van der Waals surface area contributed by atoms with Gasteiger partial charge in [0.1, 0.15) is 5.82 Å². The number of hydrogen-bond acceptors (Lipinski definition) is 3. The highest BCUT2D eigenvalue weighted by Crippen LogP contribution is 2.41. The molecule has 1 aliphatic heterocycles. The van der Waals surface area contributed by atoms with Crippen molar-refractivity contribution < 1.29 is 4.79 Å². The summed E-state index contributed by atoms with van der Waals surface area (Å²) in [6, 6.07) is 12.1. The van der Waals surface area contributed by atoms with Gasteiger partial charge in [-0.05, 0) is 25.0 Å². The molecular weight excluding hydrogens is 282 g/mol. The summed E-state index contributed by atoms with van der Waals surface area (Å²) in [7, 11) is 0. The van der Waals surface area contributed by atoms with E-state index in [4.69, 9.17) is 5.10 Å². The highest BCUT2D eigenvalue weighted by atomic mass is 32.1. The summed E-state index contributed by atoms with van der Waals surface area (Å²) in [5.41, 5.74) is 2.10. The summed E-state index contributed by atoms with van der Waals surface area (Å²) in [5.74, 6) is 1.58. The second-order valence-corrected chi connectivity index (χ2v) is 6.54. The maximum Gasteiger partial charge on any atom is 0.229 e. The first kappa shape index (κ1) is 13.0. The number of nitrogens with zero attached hydrogens (tertiary/aromatic N) is 3. The van der Waals surface area contributed by atoms with Gasteiger partial charge in [0.25, 0.3) is 0 Å². The lowest BCUT2D eigenvalue weighted by Crippen LogP contribution is -2.27. The van der Waals surface area contributed by atoms with E-state index < -0.39 is 0 Å². The zero-order valence-electron chi connectivity index (χ0n) is 11.6. The number of anilines is 1. The molecule has 2 heterocycles. The van der Waals surface area contributed by atoms with Gasteiger partial charge in [-0.2, -0.15) is 17.7 Å². The first-order valence-corrected chi connectivity index (χ1v) is 7.88. The SMILES string of the molecule is O=C1CC(S)CN1c1cc(C2CC2)nn1-c1ccccc1. The second kappa shape index (κ2) is 4.91. The van der Waals surface area contributed by atoms with E-state index in [2.05, 4.69) is 18.7 Å². The van der Waals surface area contributed by atoms with Gasteiger partial charge in [0.05, 0.1) is 11.4 Å². The van der Waals surface area contributed by atoms with Crippen LogP contribution in [0.25, 0.3) is 5.69 Å². The first-order valence-electron chi connectivity index (χ1n) is 7.36. The van der Waals surface area contributed by atoms with Crippen LogP contribution in [-0.4, -0.2) is 27.5 Å². The van der Waals surface area contributed by atoms with Gasteiger partial charge in [-0.15, -0.1) is 0 Å². The fraction of sp³-hybridized carbons (Fsp3) is 0.375. The maximum absolute atomic E-state index is 12.2. The number of carbonyl (C=O) groups excluding carboxylic acids is 1. The van der Waals surface area contributed by atoms with Crippen molar-refractivity contribution in [1.82, 2.24) is 9.78 Å². The van der Waals surface area contributed by atoms with Crippen molar-refractivity contribution in [2.45, 2.75) is 30.4 Å². The molecule has 1 aliphatic carbocycles.